The maximum absolute atomic E-state index is 4.59. The lowest BCUT2D eigenvalue weighted by molar-refractivity contribution is 0.712. The minimum Gasteiger partial charge on any atom is -0.339 e. The maximum atomic E-state index is 4.59. The molecule has 2 aromatic carbocycles. The molecule has 162 valence electrons. The molecule has 0 spiro atoms. The number of benzene rings is 2. The Morgan fingerprint density at radius 2 is 2.06 bits per heavy atom. The summed E-state index contributed by atoms with van der Waals surface area (Å²) in [6, 6.07) is 19.0. The first kappa shape index (κ1) is 19.9. The van der Waals surface area contributed by atoms with E-state index in [1.54, 1.807) is 17.7 Å². The second-order valence-electron chi connectivity index (χ2n) is 8.15. The zero-order valence-corrected chi connectivity index (χ0v) is 18.8. The fourth-order valence-corrected chi connectivity index (χ4v) is 5.06. The van der Waals surface area contributed by atoms with Crippen molar-refractivity contribution >= 4 is 44.0 Å². The highest BCUT2D eigenvalue weighted by molar-refractivity contribution is 7.20. The molecule has 0 unspecified atom stereocenters. The number of thiophene rings is 1. The van der Waals surface area contributed by atoms with Crippen LogP contribution < -0.4 is 10.6 Å². The van der Waals surface area contributed by atoms with Crippen LogP contribution in [0.1, 0.15) is 23.3 Å². The van der Waals surface area contributed by atoms with Gasteiger partial charge in [-0.2, -0.15) is 5.10 Å². The maximum Gasteiger partial charge on any atom is 0.151 e. The molecule has 3 aromatic heterocycles. The van der Waals surface area contributed by atoms with Gasteiger partial charge in [0.2, 0.25) is 0 Å². The van der Waals surface area contributed by atoms with Gasteiger partial charge in [-0.05, 0) is 49.2 Å². The summed E-state index contributed by atoms with van der Waals surface area (Å²) in [4.78, 5) is 9.98. The summed E-state index contributed by atoms with van der Waals surface area (Å²) in [6.45, 7) is 1.79. The van der Waals surface area contributed by atoms with Gasteiger partial charge in [-0.25, -0.2) is 9.97 Å². The highest BCUT2D eigenvalue weighted by Crippen LogP contribution is 2.31. The van der Waals surface area contributed by atoms with Crippen LogP contribution in [0.15, 0.2) is 67.1 Å². The summed E-state index contributed by atoms with van der Waals surface area (Å²) in [5, 5.41) is 12.6. The van der Waals surface area contributed by atoms with Crippen molar-refractivity contribution in [3.8, 4) is 11.8 Å². The van der Waals surface area contributed by atoms with Crippen molar-refractivity contribution in [3.05, 3.63) is 77.6 Å². The van der Waals surface area contributed by atoms with Crippen molar-refractivity contribution < 1.29 is 0 Å². The normalized spacial score (nSPS) is 15.6. The minimum atomic E-state index is 0.298. The molecule has 6 nitrogen and oxygen atoms in total. The molecule has 0 radical (unpaired) electrons. The lowest BCUT2D eigenvalue weighted by atomic mass is 10.2. The molecule has 1 aliphatic rings. The van der Waals surface area contributed by atoms with Crippen LogP contribution in [-0.4, -0.2) is 32.3 Å². The molecule has 4 heterocycles. The van der Waals surface area contributed by atoms with E-state index < -0.39 is 0 Å². The average Bonchev–Trinajstić information content (AvgIpc) is 3.59. The topological polar surface area (TPSA) is 67.7 Å². The molecule has 5 aromatic rings. The standard InChI is InChI=1S/C26H22N6S/c1-2-5-18(6-3-1)16-32-24-13-21(9-8-19(24)15-30-32)31-26-25-23(28-17-29-26)14-22(33-25)11-10-20-7-4-12-27-20/h1-3,5-6,8-9,13-15,17,20,27H,4,7,12,16H2,(H,28,29,31)/t20-/m1/s1. The fraction of sp³-hybridized carbons (Fsp3) is 0.192. The Labute approximate surface area is 195 Å². The SMILES string of the molecule is C(#C[C@H]1CCCN1)c1cc2ncnc(Nc3ccc4cnn(Cc5ccccc5)c4c3)c2s1. The first-order valence-electron chi connectivity index (χ1n) is 11.1. The summed E-state index contributed by atoms with van der Waals surface area (Å²) in [6.07, 6.45) is 5.83. The van der Waals surface area contributed by atoms with Gasteiger partial charge in [0, 0.05) is 11.1 Å². The van der Waals surface area contributed by atoms with Crippen LogP contribution in [0.4, 0.5) is 11.5 Å². The molecular formula is C26H22N6S. The van der Waals surface area contributed by atoms with Gasteiger partial charge >= 0.3 is 0 Å². The molecule has 0 amide bonds. The van der Waals surface area contributed by atoms with E-state index in [1.807, 2.05) is 23.0 Å². The number of nitrogens with one attached hydrogen (secondary N) is 2. The summed E-state index contributed by atoms with van der Waals surface area (Å²) < 4.78 is 3.04. The van der Waals surface area contributed by atoms with Crippen molar-refractivity contribution in [1.29, 1.82) is 0 Å². The second-order valence-corrected chi connectivity index (χ2v) is 9.20. The van der Waals surface area contributed by atoms with Crippen molar-refractivity contribution in [3.63, 3.8) is 0 Å². The lowest BCUT2D eigenvalue weighted by Crippen LogP contribution is -2.18. The van der Waals surface area contributed by atoms with Crippen molar-refractivity contribution in [2.45, 2.75) is 25.4 Å². The number of anilines is 2. The molecule has 0 saturated carbocycles. The number of aromatic nitrogens is 4. The summed E-state index contributed by atoms with van der Waals surface area (Å²) in [5.41, 5.74) is 4.18. The Hall–Kier alpha value is -3.73. The third-order valence-corrected chi connectivity index (χ3v) is 6.87. The highest BCUT2D eigenvalue weighted by Gasteiger charge is 2.12. The van der Waals surface area contributed by atoms with Gasteiger partial charge in [0.25, 0.3) is 0 Å². The van der Waals surface area contributed by atoms with E-state index in [0.717, 1.165) is 57.0 Å². The van der Waals surface area contributed by atoms with Crippen LogP contribution in [0, 0.1) is 11.8 Å². The minimum absolute atomic E-state index is 0.298. The first-order valence-corrected chi connectivity index (χ1v) is 11.9. The summed E-state index contributed by atoms with van der Waals surface area (Å²) in [5.74, 6) is 7.46. The van der Waals surface area contributed by atoms with Crippen molar-refractivity contribution in [2.24, 2.45) is 0 Å². The number of hydrogen-bond acceptors (Lipinski definition) is 6. The van der Waals surface area contributed by atoms with Gasteiger partial charge < -0.3 is 10.6 Å². The molecule has 1 atom stereocenters. The average molecular weight is 451 g/mol. The van der Waals surface area contributed by atoms with Gasteiger partial charge in [-0.1, -0.05) is 42.2 Å². The van der Waals surface area contributed by atoms with Crippen LogP contribution in [0.3, 0.4) is 0 Å². The molecule has 0 bridgehead atoms. The van der Waals surface area contributed by atoms with Gasteiger partial charge in [0.1, 0.15) is 6.33 Å². The highest BCUT2D eigenvalue weighted by atomic mass is 32.1. The molecular weight excluding hydrogens is 428 g/mol. The molecule has 0 aliphatic carbocycles. The monoisotopic (exact) mass is 450 g/mol. The van der Waals surface area contributed by atoms with Crippen molar-refractivity contribution in [1.82, 2.24) is 25.1 Å². The van der Waals surface area contributed by atoms with Crippen LogP contribution in [0.5, 0.6) is 0 Å². The Morgan fingerprint density at radius 1 is 1.12 bits per heavy atom. The first-order chi connectivity index (χ1) is 16.3. The predicted molar refractivity (Wildman–Crippen MR) is 134 cm³/mol. The Balaban J connectivity index is 1.29. The van der Waals surface area contributed by atoms with Gasteiger partial charge in [0.15, 0.2) is 5.82 Å². The van der Waals surface area contributed by atoms with Gasteiger partial charge in [-0.15, -0.1) is 11.3 Å². The van der Waals surface area contributed by atoms with E-state index >= 15 is 0 Å². The van der Waals surface area contributed by atoms with Crippen LogP contribution in [0.25, 0.3) is 21.1 Å². The molecule has 7 heteroatoms. The molecule has 1 fully saturated rings. The number of hydrogen-bond donors (Lipinski definition) is 2. The molecule has 33 heavy (non-hydrogen) atoms. The fourth-order valence-electron chi connectivity index (χ4n) is 4.14. The molecule has 2 N–H and O–H groups in total. The van der Waals surface area contributed by atoms with Crippen LogP contribution in [0.2, 0.25) is 0 Å². The van der Waals surface area contributed by atoms with Gasteiger partial charge in [-0.3, -0.25) is 4.68 Å². The summed E-state index contributed by atoms with van der Waals surface area (Å²) >= 11 is 1.63. The predicted octanol–water partition coefficient (Wildman–Crippen LogP) is 4.94. The van der Waals surface area contributed by atoms with E-state index in [0.29, 0.717) is 6.04 Å². The quantitative estimate of drug-likeness (QED) is 0.380. The lowest BCUT2D eigenvalue weighted by Gasteiger charge is -2.08. The van der Waals surface area contributed by atoms with E-state index in [9.17, 15) is 0 Å². The number of rotatable bonds is 4. The van der Waals surface area contributed by atoms with E-state index in [4.69, 9.17) is 0 Å². The van der Waals surface area contributed by atoms with Crippen LogP contribution >= 0.6 is 11.3 Å². The zero-order valence-electron chi connectivity index (χ0n) is 18.0. The van der Waals surface area contributed by atoms with Crippen molar-refractivity contribution in [2.75, 3.05) is 11.9 Å². The second kappa shape index (κ2) is 8.66. The Kier molecular flexibility index (Phi) is 5.23. The zero-order chi connectivity index (χ0) is 22.0. The smallest absolute Gasteiger partial charge is 0.151 e. The Bertz CT molecular complexity index is 1490. The molecule has 1 saturated heterocycles. The van der Waals surface area contributed by atoms with Gasteiger partial charge in [0.05, 0.1) is 39.4 Å². The summed E-state index contributed by atoms with van der Waals surface area (Å²) in [7, 11) is 0. The third-order valence-electron chi connectivity index (χ3n) is 5.82. The van der Waals surface area contributed by atoms with E-state index in [-0.39, 0.29) is 0 Å². The number of nitrogens with zero attached hydrogens (tertiary/aromatic N) is 4. The van der Waals surface area contributed by atoms with Crippen LogP contribution in [-0.2, 0) is 6.54 Å². The largest absolute Gasteiger partial charge is 0.339 e. The van der Waals surface area contributed by atoms with E-state index in [2.05, 4.69) is 80.0 Å². The molecule has 1 aliphatic heterocycles. The van der Waals surface area contributed by atoms with E-state index in [1.165, 1.54) is 12.0 Å². The Morgan fingerprint density at radius 3 is 2.94 bits per heavy atom. The molecule has 6 rings (SSSR count). The number of fused-ring (bicyclic) bond motifs is 2. The third kappa shape index (κ3) is 4.19.